The summed E-state index contributed by atoms with van der Waals surface area (Å²) in [5, 5.41) is 0. The molecule has 0 fully saturated rings. The molecule has 0 spiro atoms. The van der Waals surface area contributed by atoms with Gasteiger partial charge in [0.1, 0.15) is 11.5 Å². The predicted molar refractivity (Wildman–Crippen MR) is 106 cm³/mol. The molecule has 0 amide bonds. The van der Waals surface area contributed by atoms with Gasteiger partial charge in [-0.3, -0.25) is 0 Å². The molecule has 2 aromatic carbocycles. The Bertz CT molecular complexity index is 839. The van der Waals surface area contributed by atoms with Crippen LogP contribution in [0.4, 0.5) is 23.2 Å². The number of nitrogens with zero attached hydrogens (tertiary/aromatic N) is 2. The lowest BCUT2D eigenvalue weighted by Gasteiger charge is -2.14. The summed E-state index contributed by atoms with van der Waals surface area (Å²) in [7, 11) is 1.93. The quantitative estimate of drug-likeness (QED) is 0.219. The Balaban J connectivity index is 2.18. The lowest BCUT2D eigenvalue weighted by molar-refractivity contribution is -0.154. The van der Waals surface area contributed by atoms with Crippen molar-refractivity contribution in [2.75, 3.05) is 13.6 Å². The smallest absolute Gasteiger partial charge is 0.429 e. The Morgan fingerprint density at radius 2 is 1.89 bits per heavy atom. The first-order valence-electron chi connectivity index (χ1n) is 8.61. The molecular formula is C20H22F4N2OS. The molecule has 0 saturated heterocycles. The van der Waals surface area contributed by atoms with Crippen molar-refractivity contribution < 1.29 is 22.3 Å². The molecule has 1 atom stereocenters. The van der Waals surface area contributed by atoms with Crippen LogP contribution in [0, 0.1) is 13.8 Å². The van der Waals surface area contributed by atoms with Crippen molar-refractivity contribution in [1.82, 2.24) is 4.90 Å². The molecular weight excluding hydrogens is 392 g/mol. The van der Waals surface area contributed by atoms with Gasteiger partial charge < -0.3 is 9.64 Å². The van der Waals surface area contributed by atoms with E-state index in [4.69, 9.17) is 4.74 Å². The highest BCUT2D eigenvalue weighted by atomic mass is 32.2. The van der Waals surface area contributed by atoms with Crippen molar-refractivity contribution in [3.05, 3.63) is 47.5 Å². The third kappa shape index (κ3) is 6.15. The van der Waals surface area contributed by atoms with Crippen LogP contribution in [-0.4, -0.2) is 36.5 Å². The zero-order chi connectivity index (χ0) is 20.9. The summed E-state index contributed by atoms with van der Waals surface area (Å²) in [6.45, 7) is 6.61. The molecule has 0 aliphatic carbocycles. The first kappa shape index (κ1) is 22.1. The van der Waals surface area contributed by atoms with Crippen LogP contribution in [0.25, 0.3) is 0 Å². The van der Waals surface area contributed by atoms with Crippen molar-refractivity contribution in [3.63, 3.8) is 0 Å². The molecule has 0 bridgehead atoms. The summed E-state index contributed by atoms with van der Waals surface area (Å²) < 4.78 is 56.3. The Labute approximate surface area is 166 Å². The molecule has 0 aromatic heterocycles. The fraction of sp³-hybridized carbons (Fsp3) is 0.350. The molecule has 0 N–H and O–H groups in total. The highest BCUT2D eigenvalue weighted by Gasteiger charge is 2.40. The molecule has 0 aliphatic heterocycles. The number of benzene rings is 2. The van der Waals surface area contributed by atoms with E-state index in [0.717, 1.165) is 23.4 Å². The van der Waals surface area contributed by atoms with Crippen LogP contribution in [0.3, 0.4) is 0 Å². The van der Waals surface area contributed by atoms with Crippen LogP contribution in [0.5, 0.6) is 11.5 Å². The topological polar surface area (TPSA) is 24.8 Å². The first-order valence-corrected chi connectivity index (χ1v) is 9.49. The monoisotopic (exact) mass is 414 g/mol. The molecule has 2 aromatic rings. The number of thioether (sulfide) groups is 1. The highest BCUT2D eigenvalue weighted by molar-refractivity contribution is 7.99. The summed E-state index contributed by atoms with van der Waals surface area (Å²) in [6, 6.07) is 9.64. The SMILES string of the molecule is CCN(C)C=Nc1cc(C)c(Oc2cccc(SC(F)C(F)(F)F)c2)cc1C. The molecule has 0 radical (unpaired) electrons. The average molecular weight is 414 g/mol. The zero-order valence-electron chi connectivity index (χ0n) is 16.0. The number of aliphatic imine (C=N–C) groups is 1. The van der Waals surface area contributed by atoms with Gasteiger partial charge in [-0.25, -0.2) is 9.38 Å². The van der Waals surface area contributed by atoms with Crippen LogP contribution >= 0.6 is 11.8 Å². The summed E-state index contributed by atoms with van der Waals surface area (Å²) >= 11 is 0.101. The number of hydrogen-bond acceptors (Lipinski definition) is 3. The van der Waals surface area contributed by atoms with Gasteiger partial charge in [-0.05, 0) is 62.2 Å². The molecule has 3 nitrogen and oxygen atoms in total. The van der Waals surface area contributed by atoms with E-state index in [1.807, 2.05) is 44.9 Å². The second kappa shape index (κ2) is 9.32. The van der Waals surface area contributed by atoms with Crippen LogP contribution < -0.4 is 4.74 Å². The normalized spacial score (nSPS) is 13.0. The van der Waals surface area contributed by atoms with Gasteiger partial charge in [-0.15, -0.1) is 0 Å². The van der Waals surface area contributed by atoms with Crippen LogP contribution in [0.15, 0.2) is 46.3 Å². The molecule has 28 heavy (non-hydrogen) atoms. The van der Waals surface area contributed by atoms with Gasteiger partial charge in [0.05, 0.1) is 12.0 Å². The Hall–Kier alpha value is -2.22. The highest BCUT2D eigenvalue weighted by Crippen LogP contribution is 2.38. The van der Waals surface area contributed by atoms with Crippen molar-refractivity contribution in [1.29, 1.82) is 0 Å². The summed E-state index contributed by atoms with van der Waals surface area (Å²) in [5.41, 5.74) is -0.452. The second-order valence-electron chi connectivity index (χ2n) is 6.27. The van der Waals surface area contributed by atoms with Gasteiger partial charge in [-0.1, -0.05) is 17.8 Å². The minimum Gasteiger partial charge on any atom is -0.457 e. The largest absolute Gasteiger partial charge is 0.457 e. The Morgan fingerprint density at radius 1 is 1.18 bits per heavy atom. The van der Waals surface area contributed by atoms with E-state index in [9.17, 15) is 17.6 Å². The fourth-order valence-corrected chi connectivity index (χ4v) is 2.90. The molecule has 8 heteroatoms. The Morgan fingerprint density at radius 3 is 2.54 bits per heavy atom. The maximum absolute atomic E-state index is 13.3. The van der Waals surface area contributed by atoms with E-state index < -0.39 is 11.7 Å². The number of halogens is 4. The average Bonchev–Trinajstić information content (AvgIpc) is 2.62. The van der Waals surface area contributed by atoms with Crippen LogP contribution in [0.2, 0.25) is 0 Å². The summed E-state index contributed by atoms with van der Waals surface area (Å²) in [5.74, 6) is 0.902. The molecule has 0 saturated carbocycles. The van der Waals surface area contributed by atoms with Crippen molar-refractivity contribution in [2.45, 2.75) is 37.3 Å². The van der Waals surface area contributed by atoms with E-state index in [-0.39, 0.29) is 16.7 Å². The Kier molecular flexibility index (Phi) is 7.35. The van der Waals surface area contributed by atoms with Gasteiger partial charge in [0, 0.05) is 18.5 Å². The van der Waals surface area contributed by atoms with E-state index in [2.05, 4.69) is 4.99 Å². The maximum atomic E-state index is 13.3. The lowest BCUT2D eigenvalue weighted by atomic mass is 10.1. The van der Waals surface area contributed by atoms with E-state index >= 15 is 0 Å². The van der Waals surface area contributed by atoms with Crippen molar-refractivity contribution in [2.24, 2.45) is 4.99 Å². The maximum Gasteiger partial charge on any atom is 0.429 e. The van der Waals surface area contributed by atoms with E-state index in [1.165, 1.54) is 18.2 Å². The zero-order valence-corrected chi connectivity index (χ0v) is 16.9. The minimum absolute atomic E-state index is 0.101. The number of ether oxygens (including phenoxy) is 1. The van der Waals surface area contributed by atoms with Gasteiger partial charge in [0.25, 0.3) is 0 Å². The van der Waals surface area contributed by atoms with Gasteiger partial charge >= 0.3 is 6.18 Å². The standard InChI is InChI=1S/C20H22F4N2OS/c1-5-26(4)12-25-17-9-14(3)18(10-13(17)2)27-15-7-6-8-16(11-15)28-19(21)20(22,23)24/h6-12,19H,5H2,1-4H3. The third-order valence-electron chi connectivity index (χ3n) is 3.92. The number of rotatable bonds is 7. The molecule has 1 unspecified atom stereocenters. The van der Waals surface area contributed by atoms with Crippen molar-refractivity contribution in [3.8, 4) is 11.5 Å². The van der Waals surface area contributed by atoms with E-state index in [0.29, 0.717) is 11.5 Å². The first-order chi connectivity index (χ1) is 13.1. The fourth-order valence-electron chi connectivity index (χ4n) is 2.19. The van der Waals surface area contributed by atoms with Gasteiger partial charge in [0.15, 0.2) is 0 Å². The second-order valence-corrected chi connectivity index (χ2v) is 7.40. The molecule has 0 aliphatic rings. The van der Waals surface area contributed by atoms with Crippen molar-refractivity contribution >= 4 is 23.8 Å². The summed E-state index contributed by atoms with van der Waals surface area (Å²) in [4.78, 5) is 6.53. The number of alkyl halides is 4. The van der Waals surface area contributed by atoms with Gasteiger partial charge in [0.2, 0.25) is 5.50 Å². The minimum atomic E-state index is -4.91. The van der Waals surface area contributed by atoms with E-state index in [1.54, 1.807) is 12.4 Å². The molecule has 0 heterocycles. The predicted octanol–water partition coefficient (Wildman–Crippen LogP) is 6.66. The van der Waals surface area contributed by atoms with Crippen LogP contribution in [0.1, 0.15) is 18.1 Å². The van der Waals surface area contributed by atoms with Crippen LogP contribution in [-0.2, 0) is 0 Å². The third-order valence-corrected chi connectivity index (χ3v) is 4.92. The molecule has 2 rings (SSSR count). The summed E-state index contributed by atoms with van der Waals surface area (Å²) in [6.07, 6.45) is -3.16. The molecule has 152 valence electrons. The lowest BCUT2D eigenvalue weighted by Crippen LogP contribution is -2.20. The number of hydrogen-bond donors (Lipinski definition) is 0. The van der Waals surface area contributed by atoms with Gasteiger partial charge in [-0.2, -0.15) is 13.2 Å². The number of aryl methyl sites for hydroxylation is 2.